The Balaban J connectivity index is 1.98. The number of amides is 7. The molecule has 2 fully saturated rings. The molecule has 68 heavy (non-hydrogen) atoms. The fourth-order valence-electron chi connectivity index (χ4n) is 8.70. The summed E-state index contributed by atoms with van der Waals surface area (Å²) < 4.78 is 0. The molecule has 0 radical (unpaired) electrons. The molecule has 0 saturated carbocycles. The summed E-state index contributed by atoms with van der Waals surface area (Å²) in [6.45, 7) is 8.51. The van der Waals surface area contributed by atoms with E-state index in [-0.39, 0.29) is 48.7 Å². The highest BCUT2D eigenvalue weighted by molar-refractivity contribution is 5.95. The third-order valence-corrected chi connectivity index (χ3v) is 13.1. The zero-order valence-corrected chi connectivity index (χ0v) is 42.4. The lowest BCUT2D eigenvalue weighted by atomic mass is 10.0. The second kappa shape index (κ2) is 38.0. The Bertz CT molecular complexity index is 1440. The van der Waals surface area contributed by atoms with Gasteiger partial charge in [-0.1, -0.05) is 90.4 Å². The summed E-state index contributed by atoms with van der Waals surface area (Å²) in [6, 6.07) is -5.09. The predicted octanol–water partition coefficient (Wildman–Crippen LogP) is 3.10. The lowest BCUT2D eigenvalue weighted by Crippen LogP contribution is -2.57. The number of rotatable bonds is 40. The number of carbonyl (C=O) groups is 7. The molecule has 7 amide bonds. The van der Waals surface area contributed by atoms with Gasteiger partial charge in [0.05, 0.1) is 12.1 Å². The molecule has 0 unspecified atom stereocenters. The van der Waals surface area contributed by atoms with Crippen molar-refractivity contribution >= 4 is 41.4 Å². The van der Waals surface area contributed by atoms with Crippen LogP contribution in [0.25, 0.3) is 0 Å². The minimum Gasteiger partial charge on any atom is -0.354 e. The van der Waals surface area contributed by atoms with E-state index in [9.17, 15) is 33.6 Å². The molecule has 7 atom stereocenters. The van der Waals surface area contributed by atoms with Gasteiger partial charge in [-0.25, -0.2) is 0 Å². The van der Waals surface area contributed by atoms with Gasteiger partial charge in [0.2, 0.25) is 41.4 Å². The molecule has 18 heteroatoms. The van der Waals surface area contributed by atoms with Crippen LogP contribution in [0.4, 0.5) is 0 Å². The van der Waals surface area contributed by atoms with Crippen LogP contribution in [0.2, 0.25) is 0 Å². The van der Waals surface area contributed by atoms with Crippen molar-refractivity contribution in [3.63, 3.8) is 0 Å². The van der Waals surface area contributed by atoms with E-state index < -0.39 is 47.9 Å². The van der Waals surface area contributed by atoms with Crippen molar-refractivity contribution in [1.82, 2.24) is 47.9 Å². The van der Waals surface area contributed by atoms with Gasteiger partial charge in [0.25, 0.3) is 0 Å². The normalized spacial score (nSPS) is 17.8. The second-order valence-corrected chi connectivity index (χ2v) is 19.2. The molecule has 2 rings (SSSR count). The molecule has 2 aliphatic heterocycles. The van der Waals surface area contributed by atoms with Crippen molar-refractivity contribution in [2.75, 3.05) is 39.3 Å². The van der Waals surface area contributed by atoms with Gasteiger partial charge < -0.3 is 59.3 Å². The Morgan fingerprint density at radius 3 is 1.15 bits per heavy atom. The molecule has 18 nitrogen and oxygen atoms in total. The maximum Gasteiger partial charge on any atom is 0.243 e. The molecule has 0 aromatic carbocycles. The molecular weight excluding hydrogens is 867 g/mol. The minimum absolute atomic E-state index is 0.244. The van der Waals surface area contributed by atoms with Crippen molar-refractivity contribution in [3.05, 3.63) is 0 Å². The summed E-state index contributed by atoms with van der Waals surface area (Å²) in [5.41, 5.74) is 11.5. The first-order valence-corrected chi connectivity index (χ1v) is 26.9. The van der Waals surface area contributed by atoms with Crippen LogP contribution in [0.15, 0.2) is 0 Å². The van der Waals surface area contributed by atoms with Gasteiger partial charge in [-0.2, -0.15) is 0 Å². The topological polar surface area (TPSA) is 280 Å². The van der Waals surface area contributed by atoms with E-state index in [1.165, 1.54) is 70.6 Å². The number of nitrogens with two attached hydrogens (primary N) is 2. The molecule has 0 spiro atoms. The molecule has 2 heterocycles. The zero-order chi connectivity index (χ0) is 49.8. The zero-order valence-electron chi connectivity index (χ0n) is 42.4. The average Bonchev–Trinajstić information content (AvgIpc) is 4.08. The quantitative estimate of drug-likeness (QED) is 0.0397. The van der Waals surface area contributed by atoms with Gasteiger partial charge in [0, 0.05) is 13.1 Å². The van der Waals surface area contributed by atoms with E-state index >= 15 is 0 Å². The molecule has 13 N–H and O–H groups in total. The monoisotopic (exact) mass is 962 g/mol. The summed E-state index contributed by atoms with van der Waals surface area (Å²) in [4.78, 5) is 92.8. The van der Waals surface area contributed by atoms with Crippen LogP contribution in [-0.4, -0.2) is 123 Å². The SMILES string of the molecule is CCCCCCCCCCCCCCCCNC(=O)[C@H](CCCCNC(=O)[C@H](CCCCN)NC(=O)[C@H](C)NC(=O)[C@@H]1CCCN1)NC(=O)[C@H](CCCCN)NC(=O)[C@H](C)NC(=O)[C@@H]1CCCN1. The van der Waals surface area contributed by atoms with Crippen LogP contribution in [0.1, 0.15) is 194 Å². The standard InChI is InChI=1S/C50H95N11O7/c1-4-5-6-7-8-9-10-11-12-13-14-15-16-22-33-55-47(65)42(61-50(68)43(27-18-21-32-52)60-45(63)38(3)58-49(67)40-30-25-36-54-40)28-19-23-34-56-46(64)41(26-17-20-31-51)59-44(62)37(2)57-48(66)39-29-24-35-53-39/h37-43,53-54H,4-36,51-52H2,1-3H3,(H,55,65)(H,56,64)(H,57,66)(H,58,67)(H,59,62)(H,60,63)(H,61,68)/t37-,38-,39-,40-,41-,42-,43-/m0/s1. The van der Waals surface area contributed by atoms with Crippen LogP contribution in [0, 0.1) is 0 Å². The van der Waals surface area contributed by atoms with Crippen molar-refractivity contribution in [1.29, 1.82) is 0 Å². The van der Waals surface area contributed by atoms with E-state index in [4.69, 9.17) is 11.5 Å². The van der Waals surface area contributed by atoms with E-state index in [1.807, 2.05) is 0 Å². The summed E-state index contributed by atoms with van der Waals surface area (Å²) in [5, 5.41) is 26.2. The lowest BCUT2D eigenvalue weighted by molar-refractivity contribution is -0.134. The first-order chi connectivity index (χ1) is 32.9. The van der Waals surface area contributed by atoms with Gasteiger partial charge in [0.15, 0.2) is 0 Å². The van der Waals surface area contributed by atoms with Gasteiger partial charge in [-0.3, -0.25) is 33.6 Å². The van der Waals surface area contributed by atoms with E-state index in [0.29, 0.717) is 83.8 Å². The first kappa shape index (κ1) is 60.3. The summed E-state index contributed by atoms with van der Waals surface area (Å²) in [6.07, 6.45) is 24.8. The second-order valence-electron chi connectivity index (χ2n) is 19.2. The highest BCUT2D eigenvalue weighted by atomic mass is 16.2. The van der Waals surface area contributed by atoms with Crippen molar-refractivity contribution < 1.29 is 33.6 Å². The summed E-state index contributed by atoms with van der Waals surface area (Å²) in [7, 11) is 0. The number of hydrogen-bond donors (Lipinski definition) is 11. The van der Waals surface area contributed by atoms with Gasteiger partial charge in [0.1, 0.15) is 30.2 Å². The molecular formula is C50H95N11O7. The van der Waals surface area contributed by atoms with E-state index in [1.54, 1.807) is 13.8 Å². The molecule has 0 aromatic heterocycles. The fourth-order valence-corrected chi connectivity index (χ4v) is 8.70. The molecule has 0 bridgehead atoms. The maximum atomic E-state index is 13.9. The van der Waals surface area contributed by atoms with Crippen LogP contribution in [0.5, 0.6) is 0 Å². The van der Waals surface area contributed by atoms with Crippen molar-refractivity contribution in [2.24, 2.45) is 11.5 Å². The first-order valence-electron chi connectivity index (χ1n) is 26.9. The third-order valence-electron chi connectivity index (χ3n) is 13.1. The Morgan fingerprint density at radius 2 is 0.779 bits per heavy atom. The number of unbranched alkanes of at least 4 members (excludes halogenated alkanes) is 16. The molecule has 0 aromatic rings. The van der Waals surface area contributed by atoms with Crippen LogP contribution in [-0.2, 0) is 33.6 Å². The smallest absolute Gasteiger partial charge is 0.243 e. The van der Waals surface area contributed by atoms with E-state index in [0.717, 1.165) is 45.2 Å². The third kappa shape index (κ3) is 26.8. The largest absolute Gasteiger partial charge is 0.354 e. The summed E-state index contributed by atoms with van der Waals surface area (Å²) >= 11 is 0. The molecule has 392 valence electrons. The Hall–Kier alpha value is -3.87. The fraction of sp³-hybridized carbons (Fsp3) is 0.860. The van der Waals surface area contributed by atoms with Gasteiger partial charge in [-0.05, 0) is 130 Å². The Kier molecular flexibility index (Phi) is 33.6. The van der Waals surface area contributed by atoms with E-state index in [2.05, 4.69) is 54.8 Å². The van der Waals surface area contributed by atoms with Gasteiger partial charge >= 0.3 is 0 Å². The molecule has 2 saturated heterocycles. The lowest BCUT2D eigenvalue weighted by Gasteiger charge is -2.25. The molecule has 0 aliphatic carbocycles. The Morgan fingerprint density at radius 1 is 0.441 bits per heavy atom. The van der Waals surface area contributed by atoms with Crippen LogP contribution < -0.4 is 59.3 Å². The Labute approximate surface area is 408 Å². The van der Waals surface area contributed by atoms with Crippen LogP contribution >= 0.6 is 0 Å². The number of nitrogens with one attached hydrogen (secondary N) is 9. The van der Waals surface area contributed by atoms with Crippen molar-refractivity contribution in [2.45, 2.75) is 236 Å². The molecule has 2 aliphatic rings. The summed E-state index contributed by atoms with van der Waals surface area (Å²) in [5.74, 6) is -2.65. The predicted molar refractivity (Wildman–Crippen MR) is 269 cm³/mol. The highest BCUT2D eigenvalue weighted by Crippen LogP contribution is 2.14. The number of carbonyl (C=O) groups excluding carboxylic acids is 7. The highest BCUT2D eigenvalue weighted by Gasteiger charge is 2.31. The maximum absolute atomic E-state index is 13.9. The van der Waals surface area contributed by atoms with Crippen LogP contribution in [0.3, 0.4) is 0 Å². The number of hydrogen-bond acceptors (Lipinski definition) is 11. The van der Waals surface area contributed by atoms with Gasteiger partial charge in [-0.15, -0.1) is 0 Å². The average molecular weight is 962 g/mol. The van der Waals surface area contributed by atoms with Crippen molar-refractivity contribution in [3.8, 4) is 0 Å². The minimum atomic E-state index is -0.958.